The second-order valence-electron chi connectivity index (χ2n) is 6.70. The number of hydrogen-bond acceptors (Lipinski definition) is 3. The van der Waals surface area contributed by atoms with Crippen LogP contribution < -0.4 is 10.6 Å². The Morgan fingerprint density at radius 3 is 2.92 bits per heavy atom. The lowest BCUT2D eigenvalue weighted by molar-refractivity contribution is 0.0992. The molecular weight excluding hydrogens is 312 g/mol. The number of aromatic nitrogens is 1. The van der Waals surface area contributed by atoms with Crippen molar-refractivity contribution in [3.8, 4) is 11.3 Å². The van der Waals surface area contributed by atoms with Gasteiger partial charge >= 0.3 is 0 Å². The molecule has 2 aliphatic heterocycles. The number of hydrogen-bond donors (Lipinski definition) is 2. The zero-order valence-corrected chi connectivity index (χ0v) is 14.5. The summed E-state index contributed by atoms with van der Waals surface area (Å²) in [4.78, 5) is 8.78. The molecule has 4 rings (SSSR count). The van der Waals surface area contributed by atoms with Crippen molar-refractivity contribution in [2.75, 3.05) is 7.05 Å². The van der Waals surface area contributed by atoms with Crippen LogP contribution in [0, 0.1) is 0 Å². The molecule has 0 aliphatic carbocycles. The van der Waals surface area contributed by atoms with Crippen molar-refractivity contribution < 1.29 is 4.74 Å². The van der Waals surface area contributed by atoms with E-state index in [0.29, 0.717) is 18.2 Å². The molecule has 2 aliphatic rings. The number of nitrogens with zero attached hydrogens (tertiary/aromatic N) is 2. The molecule has 1 aromatic heterocycles. The van der Waals surface area contributed by atoms with E-state index < -0.39 is 0 Å². The first-order chi connectivity index (χ1) is 12.3. The minimum absolute atomic E-state index is 0.344. The fourth-order valence-corrected chi connectivity index (χ4v) is 3.72. The fourth-order valence-electron chi connectivity index (χ4n) is 3.72. The highest BCUT2D eigenvalue weighted by Gasteiger charge is 2.41. The van der Waals surface area contributed by atoms with Gasteiger partial charge in [-0.2, -0.15) is 0 Å². The monoisotopic (exact) mass is 336 g/mol. The fraction of sp³-hybridized carbons (Fsp3) is 0.400. The van der Waals surface area contributed by atoms with Crippen LogP contribution in [0.4, 0.5) is 0 Å². The summed E-state index contributed by atoms with van der Waals surface area (Å²) in [5.74, 6) is 0.837. The Hall–Kier alpha value is -2.40. The van der Waals surface area contributed by atoms with E-state index in [1.807, 2.05) is 31.4 Å². The van der Waals surface area contributed by atoms with E-state index in [2.05, 4.69) is 44.9 Å². The maximum absolute atomic E-state index is 5.91. The van der Waals surface area contributed by atoms with Crippen molar-refractivity contribution in [2.45, 2.75) is 44.1 Å². The minimum Gasteiger partial charge on any atom is -0.373 e. The first-order valence-corrected chi connectivity index (χ1v) is 8.95. The summed E-state index contributed by atoms with van der Waals surface area (Å²) >= 11 is 0. The zero-order valence-electron chi connectivity index (χ0n) is 14.5. The maximum atomic E-state index is 5.91. The van der Waals surface area contributed by atoms with Gasteiger partial charge in [0, 0.05) is 25.4 Å². The number of ether oxygens (including phenoxy) is 1. The molecule has 0 spiro atoms. The highest BCUT2D eigenvalue weighted by molar-refractivity contribution is 5.80. The van der Waals surface area contributed by atoms with Crippen LogP contribution >= 0.6 is 0 Å². The van der Waals surface area contributed by atoms with Crippen LogP contribution in [-0.4, -0.2) is 36.2 Å². The molecule has 3 atom stereocenters. The van der Waals surface area contributed by atoms with Gasteiger partial charge < -0.3 is 15.4 Å². The molecule has 130 valence electrons. The SMILES string of the molecule is CN=C(NCc1cccc(-c2ccccn2)c1)NC1CC2CCC1O2. The van der Waals surface area contributed by atoms with Crippen molar-refractivity contribution in [1.29, 1.82) is 0 Å². The standard InChI is InChI=1S/C20H24N4O/c1-21-20(24-18-12-16-8-9-19(18)25-16)23-13-14-5-4-6-15(11-14)17-7-2-3-10-22-17/h2-7,10-11,16,18-19H,8-9,12-13H2,1H3,(H2,21,23,24). The van der Waals surface area contributed by atoms with Gasteiger partial charge in [0.1, 0.15) is 0 Å². The molecule has 25 heavy (non-hydrogen) atoms. The molecule has 1 aromatic carbocycles. The Kier molecular flexibility index (Phi) is 4.65. The summed E-state index contributed by atoms with van der Waals surface area (Å²) in [7, 11) is 1.81. The van der Waals surface area contributed by atoms with Gasteiger partial charge in [-0.1, -0.05) is 24.3 Å². The number of benzene rings is 1. The molecule has 0 amide bonds. The van der Waals surface area contributed by atoms with E-state index in [-0.39, 0.29) is 0 Å². The van der Waals surface area contributed by atoms with Crippen molar-refractivity contribution in [2.24, 2.45) is 4.99 Å². The predicted molar refractivity (Wildman–Crippen MR) is 99.3 cm³/mol. The molecule has 2 saturated heterocycles. The Labute approximate surface area is 148 Å². The van der Waals surface area contributed by atoms with Crippen LogP contribution in [0.15, 0.2) is 53.7 Å². The predicted octanol–water partition coefficient (Wildman–Crippen LogP) is 2.73. The molecule has 2 bridgehead atoms. The Morgan fingerprint density at radius 2 is 2.20 bits per heavy atom. The minimum atomic E-state index is 0.344. The van der Waals surface area contributed by atoms with Gasteiger partial charge in [-0.15, -0.1) is 0 Å². The van der Waals surface area contributed by atoms with E-state index >= 15 is 0 Å². The zero-order chi connectivity index (χ0) is 17.1. The summed E-state index contributed by atoms with van der Waals surface area (Å²) in [6.45, 7) is 0.724. The topological polar surface area (TPSA) is 58.5 Å². The average molecular weight is 336 g/mol. The second kappa shape index (κ2) is 7.23. The lowest BCUT2D eigenvalue weighted by Crippen LogP contribution is -2.47. The van der Waals surface area contributed by atoms with E-state index in [9.17, 15) is 0 Å². The molecule has 2 N–H and O–H groups in total. The third-order valence-corrected chi connectivity index (χ3v) is 5.00. The van der Waals surface area contributed by atoms with Gasteiger partial charge in [0.15, 0.2) is 5.96 Å². The highest BCUT2D eigenvalue weighted by atomic mass is 16.5. The molecular formula is C20H24N4O. The van der Waals surface area contributed by atoms with Crippen molar-refractivity contribution in [3.05, 3.63) is 54.2 Å². The van der Waals surface area contributed by atoms with Crippen molar-refractivity contribution in [1.82, 2.24) is 15.6 Å². The Balaban J connectivity index is 1.37. The molecule has 5 nitrogen and oxygen atoms in total. The number of pyridine rings is 1. The van der Waals surface area contributed by atoms with Gasteiger partial charge in [0.05, 0.1) is 23.9 Å². The van der Waals surface area contributed by atoms with E-state index in [4.69, 9.17) is 4.74 Å². The van der Waals surface area contributed by atoms with E-state index in [1.54, 1.807) is 0 Å². The van der Waals surface area contributed by atoms with Gasteiger partial charge in [-0.3, -0.25) is 9.98 Å². The smallest absolute Gasteiger partial charge is 0.191 e. The summed E-state index contributed by atoms with van der Waals surface area (Å²) < 4.78 is 5.91. The second-order valence-corrected chi connectivity index (χ2v) is 6.70. The van der Waals surface area contributed by atoms with Crippen molar-refractivity contribution in [3.63, 3.8) is 0 Å². The van der Waals surface area contributed by atoms with E-state index in [1.165, 1.54) is 12.0 Å². The molecule has 3 heterocycles. The number of rotatable bonds is 4. The molecule has 5 heteroatoms. The summed E-state index contributed by atoms with van der Waals surface area (Å²) in [6.07, 6.45) is 6.05. The number of nitrogens with one attached hydrogen (secondary N) is 2. The Morgan fingerprint density at radius 1 is 1.24 bits per heavy atom. The van der Waals surface area contributed by atoms with Crippen LogP contribution in [0.3, 0.4) is 0 Å². The summed E-state index contributed by atoms with van der Waals surface area (Å²) in [5, 5.41) is 6.93. The third kappa shape index (κ3) is 3.66. The third-order valence-electron chi connectivity index (χ3n) is 5.00. The lowest BCUT2D eigenvalue weighted by Gasteiger charge is -2.22. The van der Waals surface area contributed by atoms with Gasteiger partial charge in [-0.05, 0) is 43.0 Å². The number of aliphatic imine (C=N–C) groups is 1. The largest absolute Gasteiger partial charge is 0.373 e. The normalized spacial score (nSPS) is 25.2. The highest BCUT2D eigenvalue weighted by Crippen LogP contribution is 2.34. The summed E-state index contributed by atoms with van der Waals surface area (Å²) in [5.41, 5.74) is 3.32. The maximum Gasteiger partial charge on any atom is 0.191 e. The van der Waals surface area contributed by atoms with Gasteiger partial charge in [0.25, 0.3) is 0 Å². The number of guanidine groups is 1. The van der Waals surface area contributed by atoms with Crippen LogP contribution in [0.2, 0.25) is 0 Å². The van der Waals surface area contributed by atoms with Gasteiger partial charge in [0.2, 0.25) is 0 Å². The van der Waals surface area contributed by atoms with Crippen LogP contribution in [-0.2, 0) is 11.3 Å². The Bertz CT molecular complexity index is 746. The van der Waals surface area contributed by atoms with Crippen LogP contribution in [0.1, 0.15) is 24.8 Å². The molecule has 0 saturated carbocycles. The van der Waals surface area contributed by atoms with Crippen LogP contribution in [0.25, 0.3) is 11.3 Å². The van der Waals surface area contributed by atoms with Gasteiger partial charge in [-0.25, -0.2) is 0 Å². The summed E-state index contributed by atoms with van der Waals surface area (Å²) in [6, 6.07) is 14.8. The van der Waals surface area contributed by atoms with Crippen molar-refractivity contribution >= 4 is 5.96 Å². The quantitative estimate of drug-likeness (QED) is 0.666. The first-order valence-electron chi connectivity index (χ1n) is 8.95. The molecule has 2 aromatic rings. The average Bonchev–Trinajstić information content (AvgIpc) is 3.29. The molecule has 0 radical (unpaired) electrons. The molecule has 2 fully saturated rings. The lowest BCUT2D eigenvalue weighted by atomic mass is 9.96. The van der Waals surface area contributed by atoms with Crippen LogP contribution in [0.5, 0.6) is 0 Å². The first kappa shape index (κ1) is 16.1. The van der Waals surface area contributed by atoms with E-state index in [0.717, 1.165) is 36.6 Å². The molecule has 3 unspecified atom stereocenters. The number of fused-ring (bicyclic) bond motifs is 2.